The van der Waals surface area contributed by atoms with Crippen molar-refractivity contribution in [2.75, 3.05) is 25.0 Å². The number of nitrogens with one attached hydrogen (secondary N) is 1. The van der Waals surface area contributed by atoms with Crippen molar-refractivity contribution in [1.29, 1.82) is 0 Å². The molecule has 7 nitrogen and oxygen atoms in total. The number of benzene rings is 1. The SMILES string of the molecule is CC(=O)Nc1cc(-c2c(-c3ccc(F)cc3)[n+]([O-])cn2CCN2CCCCC2)ccn1. The highest BCUT2D eigenvalue weighted by molar-refractivity contribution is 5.88. The molecule has 0 spiro atoms. The molecule has 1 aromatic carbocycles. The van der Waals surface area contributed by atoms with E-state index in [4.69, 9.17) is 0 Å². The molecule has 0 saturated carbocycles. The fourth-order valence-electron chi connectivity index (χ4n) is 4.08. The Morgan fingerprint density at radius 1 is 1.13 bits per heavy atom. The van der Waals surface area contributed by atoms with Crippen LogP contribution in [0.25, 0.3) is 22.5 Å². The lowest BCUT2D eigenvalue weighted by Gasteiger charge is -2.25. The maximum Gasteiger partial charge on any atom is 0.247 e. The van der Waals surface area contributed by atoms with Crippen molar-refractivity contribution in [3.8, 4) is 22.5 Å². The molecular weight excluding hydrogens is 397 g/mol. The van der Waals surface area contributed by atoms with Crippen LogP contribution in [-0.4, -0.2) is 40.0 Å². The Hall–Kier alpha value is -3.26. The number of carbonyl (C=O) groups is 1. The standard InChI is InChI=1S/C23H26FN5O2/c1-17(30)26-21-15-19(9-10-25-21)22-23(18-5-7-20(24)8-6-18)29(31)16-28(22)14-13-27-11-3-2-4-12-27/h5-10,15-16H,2-4,11-14H2,1H3,(H,25,26,30). The second kappa shape index (κ2) is 9.26. The molecule has 1 aliphatic rings. The van der Waals surface area contributed by atoms with Crippen LogP contribution >= 0.6 is 0 Å². The molecule has 1 N–H and O–H groups in total. The van der Waals surface area contributed by atoms with Crippen molar-refractivity contribution in [1.82, 2.24) is 14.5 Å². The van der Waals surface area contributed by atoms with Crippen LogP contribution in [0.15, 0.2) is 48.9 Å². The van der Waals surface area contributed by atoms with Gasteiger partial charge in [0.05, 0.1) is 0 Å². The first kappa shape index (κ1) is 21.0. The van der Waals surface area contributed by atoms with Gasteiger partial charge in [-0.1, -0.05) is 6.42 Å². The van der Waals surface area contributed by atoms with E-state index in [1.165, 1.54) is 44.6 Å². The van der Waals surface area contributed by atoms with Gasteiger partial charge >= 0.3 is 0 Å². The van der Waals surface area contributed by atoms with Gasteiger partial charge in [0, 0.05) is 30.8 Å². The second-order valence-electron chi connectivity index (χ2n) is 7.85. The number of likely N-dealkylation sites (tertiary alicyclic amines) is 1. The molecule has 0 atom stereocenters. The van der Waals surface area contributed by atoms with E-state index in [0.717, 1.165) is 29.9 Å². The average Bonchev–Trinajstić information content (AvgIpc) is 3.09. The van der Waals surface area contributed by atoms with Crippen molar-refractivity contribution in [3.63, 3.8) is 0 Å². The highest BCUT2D eigenvalue weighted by Crippen LogP contribution is 2.31. The van der Waals surface area contributed by atoms with Crippen LogP contribution in [0.5, 0.6) is 0 Å². The Morgan fingerprint density at radius 3 is 2.58 bits per heavy atom. The second-order valence-corrected chi connectivity index (χ2v) is 7.85. The predicted molar refractivity (Wildman–Crippen MR) is 117 cm³/mol. The van der Waals surface area contributed by atoms with Gasteiger partial charge in [0.1, 0.15) is 18.2 Å². The van der Waals surface area contributed by atoms with Gasteiger partial charge in [0.25, 0.3) is 0 Å². The molecular formula is C23H26FN5O2. The minimum absolute atomic E-state index is 0.220. The van der Waals surface area contributed by atoms with E-state index in [0.29, 0.717) is 29.3 Å². The quantitative estimate of drug-likeness (QED) is 0.487. The van der Waals surface area contributed by atoms with Crippen LogP contribution in [0.3, 0.4) is 0 Å². The van der Waals surface area contributed by atoms with Gasteiger partial charge in [0.2, 0.25) is 12.2 Å². The zero-order valence-electron chi connectivity index (χ0n) is 17.6. The minimum Gasteiger partial charge on any atom is -0.710 e. The molecule has 8 heteroatoms. The van der Waals surface area contributed by atoms with E-state index < -0.39 is 0 Å². The third-order valence-corrected chi connectivity index (χ3v) is 5.54. The smallest absolute Gasteiger partial charge is 0.247 e. The number of pyridine rings is 1. The van der Waals surface area contributed by atoms with Crippen LogP contribution in [0, 0.1) is 11.0 Å². The summed E-state index contributed by atoms with van der Waals surface area (Å²) in [7, 11) is 0. The third-order valence-electron chi connectivity index (χ3n) is 5.54. The summed E-state index contributed by atoms with van der Waals surface area (Å²) in [6.07, 6.45) is 6.81. The number of carbonyl (C=O) groups excluding carboxylic acids is 1. The zero-order valence-corrected chi connectivity index (χ0v) is 17.6. The van der Waals surface area contributed by atoms with Gasteiger partial charge in [-0.15, -0.1) is 0 Å². The van der Waals surface area contributed by atoms with Crippen LogP contribution < -0.4 is 10.0 Å². The lowest BCUT2D eigenvalue weighted by molar-refractivity contribution is -0.593. The van der Waals surface area contributed by atoms with Gasteiger partial charge in [-0.05, 0) is 62.3 Å². The summed E-state index contributed by atoms with van der Waals surface area (Å²) in [5.41, 5.74) is 2.54. The van der Waals surface area contributed by atoms with Gasteiger partial charge < -0.3 is 10.5 Å². The van der Waals surface area contributed by atoms with E-state index >= 15 is 0 Å². The summed E-state index contributed by atoms with van der Waals surface area (Å²) in [6, 6.07) is 9.46. The predicted octanol–water partition coefficient (Wildman–Crippen LogP) is 3.43. The fraction of sp³-hybridized carbons (Fsp3) is 0.348. The lowest BCUT2D eigenvalue weighted by Crippen LogP contribution is -2.33. The minimum atomic E-state index is -0.357. The average molecular weight is 423 g/mol. The molecule has 3 aromatic rings. The molecule has 4 rings (SSSR count). The summed E-state index contributed by atoms with van der Waals surface area (Å²) in [5, 5.41) is 15.6. The van der Waals surface area contributed by atoms with E-state index in [2.05, 4.69) is 15.2 Å². The highest BCUT2D eigenvalue weighted by Gasteiger charge is 2.25. The monoisotopic (exact) mass is 423 g/mol. The first-order valence-corrected chi connectivity index (χ1v) is 10.6. The number of aromatic nitrogens is 3. The molecule has 1 fully saturated rings. The van der Waals surface area contributed by atoms with E-state index in [1.807, 2.05) is 10.6 Å². The van der Waals surface area contributed by atoms with E-state index in [1.54, 1.807) is 24.4 Å². The van der Waals surface area contributed by atoms with Crippen molar-refractivity contribution in [3.05, 3.63) is 59.9 Å². The van der Waals surface area contributed by atoms with E-state index in [-0.39, 0.29) is 11.7 Å². The van der Waals surface area contributed by atoms with Gasteiger partial charge in [-0.2, -0.15) is 0 Å². The van der Waals surface area contributed by atoms with Gasteiger partial charge in [0.15, 0.2) is 11.4 Å². The topological polar surface area (TPSA) is 77.1 Å². The van der Waals surface area contributed by atoms with Crippen LogP contribution in [0.4, 0.5) is 10.2 Å². The first-order chi connectivity index (χ1) is 15.0. The zero-order chi connectivity index (χ0) is 21.8. The summed E-state index contributed by atoms with van der Waals surface area (Å²) < 4.78 is 16.3. The number of anilines is 1. The van der Waals surface area contributed by atoms with Crippen LogP contribution in [0.1, 0.15) is 26.2 Å². The molecule has 0 bridgehead atoms. The van der Waals surface area contributed by atoms with Crippen molar-refractivity contribution >= 4 is 11.7 Å². The summed E-state index contributed by atoms with van der Waals surface area (Å²) in [4.78, 5) is 18.1. The number of hydrogen-bond acceptors (Lipinski definition) is 4. The molecule has 1 amide bonds. The third kappa shape index (κ3) is 4.91. The van der Waals surface area contributed by atoms with Crippen LogP contribution in [0.2, 0.25) is 0 Å². The number of imidazole rings is 1. The Kier molecular flexibility index (Phi) is 6.27. The number of amides is 1. The molecule has 0 radical (unpaired) electrons. The molecule has 1 aliphatic heterocycles. The molecule has 2 aromatic heterocycles. The summed E-state index contributed by atoms with van der Waals surface area (Å²) >= 11 is 0. The molecule has 0 aliphatic carbocycles. The molecule has 3 heterocycles. The maximum absolute atomic E-state index is 13.5. The number of nitrogens with zero attached hydrogens (tertiary/aromatic N) is 4. The van der Waals surface area contributed by atoms with Crippen molar-refractivity contribution in [2.45, 2.75) is 32.7 Å². The largest absolute Gasteiger partial charge is 0.710 e. The summed E-state index contributed by atoms with van der Waals surface area (Å²) in [5.74, 6) is -0.164. The van der Waals surface area contributed by atoms with Crippen molar-refractivity contribution in [2.24, 2.45) is 0 Å². The Labute approximate surface area is 180 Å². The number of piperidine rings is 1. The Bertz CT molecular complexity index is 1060. The van der Waals surface area contributed by atoms with Crippen LogP contribution in [-0.2, 0) is 11.3 Å². The Morgan fingerprint density at radius 2 is 1.87 bits per heavy atom. The lowest BCUT2D eigenvalue weighted by atomic mass is 10.1. The van der Waals surface area contributed by atoms with E-state index in [9.17, 15) is 14.4 Å². The first-order valence-electron chi connectivity index (χ1n) is 10.6. The number of halogens is 1. The Balaban J connectivity index is 1.75. The molecule has 0 unspecified atom stereocenters. The highest BCUT2D eigenvalue weighted by atomic mass is 19.1. The molecule has 31 heavy (non-hydrogen) atoms. The fourth-order valence-corrected chi connectivity index (χ4v) is 4.08. The number of rotatable bonds is 6. The number of hydrogen-bond donors (Lipinski definition) is 1. The maximum atomic E-state index is 13.5. The molecule has 1 saturated heterocycles. The van der Waals surface area contributed by atoms with Crippen molar-refractivity contribution < 1.29 is 13.9 Å². The van der Waals surface area contributed by atoms with Gasteiger partial charge in [-0.3, -0.25) is 9.69 Å². The normalized spacial score (nSPS) is 14.5. The van der Waals surface area contributed by atoms with Gasteiger partial charge in [-0.25, -0.2) is 18.7 Å². The molecule has 162 valence electrons. The summed E-state index contributed by atoms with van der Waals surface area (Å²) in [6.45, 7) is 5.05.